The Hall–Kier alpha value is -1.76. The van der Waals surface area contributed by atoms with Crippen molar-refractivity contribution in [3.05, 3.63) is 35.7 Å². The standard InChI is InChI=1S/C15H13ClN4OS/c16-13-6-11-12(7-18-13)22-15(19-11)9-1-3-17-14(5-9)20-4-2-10(21)8-20/h1,3,5-7,10,21H,2,4,8H2/t10-/m1/s1. The van der Waals surface area contributed by atoms with Gasteiger partial charge in [0.2, 0.25) is 0 Å². The van der Waals surface area contributed by atoms with Crippen LogP contribution >= 0.6 is 22.9 Å². The number of thiazole rings is 1. The van der Waals surface area contributed by atoms with Crippen LogP contribution in [0.15, 0.2) is 30.6 Å². The Kier molecular flexibility index (Phi) is 3.44. The van der Waals surface area contributed by atoms with Crippen molar-refractivity contribution in [3.8, 4) is 10.6 Å². The minimum absolute atomic E-state index is 0.263. The third-order valence-corrected chi connectivity index (χ3v) is 4.98. The number of aliphatic hydroxyl groups excluding tert-OH is 1. The van der Waals surface area contributed by atoms with Gasteiger partial charge in [0.25, 0.3) is 0 Å². The normalized spacial score (nSPS) is 18.3. The second-order valence-corrected chi connectivity index (χ2v) is 6.70. The van der Waals surface area contributed by atoms with E-state index in [0.717, 1.165) is 39.6 Å². The quantitative estimate of drug-likeness (QED) is 0.731. The molecule has 7 heteroatoms. The SMILES string of the molecule is O[C@@H]1CCN(c2cc(-c3nc4cc(Cl)ncc4s3)ccn2)C1. The number of aromatic nitrogens is 3. The van der Waals surface area contributed by atoms with Gasteiger partial charge in [-0.1, -0.05) is 11.6 Å². The van der Waals surface area contributed by atoms with Crippen LogP contribution in [0.1, 0.15) is 6.42 Å². The molecular formula is C15H13ClN4OS. The molecule has 1 fully saturated rings. The van der Waals surface area contributed by atoms with Crippen LogP contribution in [-0.4, -0.2) is 39.3 Å². The van der Waals surface area contributed by atoms with Crippen molar-refractivity contribution in [2.75, 3.05) is 18.0 Å². The molecule has 3 aromatic rings. The van der Waals surface area contributed by atoms with Gasteiger partial charge in [0.15, 0.2) is 0 Å². The highest BCUT2D eigenvalue weighted by Gasteiger charge is 2.21. The summed E-state index contributed by atoms with van der Waals surface area (Å²) in [5, 5.41) is 11.0. The molecule has 3 aromatic heterocycles. The van der Waals surface area contributed by atoms with Gasteiger partial charge >= 0.3 is 0 Å². The molecule has 0 unspecified atom stereocenters. The number of halogens is 1. The fraction of sp³-hybridized carbons (Fsp3) is 0.267. The van der Waals surface area contributed by atoms with Gasteiger partial charge in [-0.05, 0) is 18.6 Å². The zero-order chi connectivity index (χ0) is 15.1. The van der Waals surface area contributed by atoms with Crippen LogP contribution in [0.25, 0.3) is 20.8 Å². The number of aliphatic hydroxyl groups is 1. The van der Waals surface area contributed by atoms with Crippen LogP contribution in [0.5, 0.6) is 0 Å². The molecule has 4 heterocycles. The molecule has 4 rings (SSSR count). The number of β-amino-alcohol motifs (C(OH)–C–C–N with tert-alkyl or cyclic N) is 1. The van der Waals surface area contributed by atoms with Gasteiger partial charge in [-0.2, -0.15) is 0 Å². The van der Waals surface area contributed by atoms with Gasteiger partial charge in [-0.15, -0.1) is 11.3 Å². The molecule has 112 valence electrons. The molecule has 1 N–H and O–H groups in total. The molecule has 0 aromatic carbocycles. The monoisotopic (exact) mass is 332 g/mol. The van der Waals surface area contributed by atoms with Crippen molar-refractivity contribution in [2.45, 2.75) is 12.5 Å². The van der Waals surface area contributed by atoms with Crippen LogP contribution in [0.3, 0.4) is 0 Å². The summed E-state index contributed by atoms with van der Waals surface area (Å²) in [6, 6.07) is 5.74. The maximum Gasteiger partial charge on any atom is 0.131 e. The van der Waals surface area contributed by atoms with Crippen molar-refractivity contribution in [2.24, 2.45) is 0 Å². The highest BCUT2D eigenvalue weighted by Crippen LogP contribution is 2.32. The lowest BCUT2D eigenvalue weighted by molar-refractivity contribution is 0.198. The van der Waals surface area contributed by atoms with E-state index in [9.17, 15) is 5.11 Å². The topological polar surface area (TPSA) is 62.1 Å². The van der Waals surface area contributed by atoms with E-state index in [0.29, 0.717) is 11.7 Å². The molecule has 1 aliphatic heterocycles. The summed E-state index contributed by atoms with van der Waals surface area (Å²) in [7, 11) is 0. The van der Waals surface area contributed by atoms with Crippen LogP contribution in [0, 0.1) is 0 Å². The summed E-state index contributed by atoms with van der Waals surface area (Å²) in [4.78, 5) is 15.2. The molecular weight excluding hydrogens is 320 g/mol. The lowest BCUT2D eigenvalue weighted by Crippen LogP contribution is -2.22. The molecule has 22 heavy (non-hydrogen) atoms. The third-order valence-electron chi connectivity index (χ3n) is 3.72. The lowest BCUT2D eigenvalue weighted by atomic mass is 10.2. The van der Waals surface area contributed by atoms with Gasteiger partial charge in [0.1, 0.15) is 16.0 Å². The van der Waals surface area contributed by atoms with Crippen LogP contribution in [0.4, 0.5) is 5.82 Å². The Balaban J connectivity index is 1.71. The predicted molar refractivity (Wildman–Crippen MR) is 88.5 cm³/mol. The number of fused-ring (bicyclic) bond motifs is 1. The minimum Gasteiger partial charge on any atom is -0.391 e. The van der Waals surface area contributed by atoms with Gasteiger partial charge in [0, 0.05) is 37.1 Å². The lowest BCUT2D eigenvalue weighted by Gasteiger charge is -2.16. The fourth-order valence-electron chi connectivity index (χ4n) is 2.61. The molecule has 5 nitrogen and oxygen atoms in total. The minimum atomic E-state index is -0.263. The summed E-state index contributed by atoms with van der Waals surface area (Å²) in [5.41, 5.74) is 1.87. The Labute approximate surface area is 136 Å². The number of anilines is 1. The summed E-state index contributed by atoms with van der Waals surface area (Å²) in [5.74, 6) is 0.879. The first kappa shape index (κ1) is 13.9. The van der Waals surface area contributed by atoms with Crippen LogP contribution in [0.2, 0.25) is 5.15 Å². The molecule has 0 spiro atoms. The maximum absolute atomic E-state index is 9.67. The second kappa shape index (κ2) is 5.46. The fourth-order valence-corrected chi connectivity index (χ4v) is 3.67. The highest BCUT2D eigenvalue weighted by molar-refractivity contribution is 7.21. The zero-order valence-corrected chi connectivity index (χ0v) is 13.2. The van der Waals surface area contributed by atoms with Crippen molar-refractivity contribution in [1.82, 2.24) is 15.0 Å². The van der Waals surface area contributed by atoms with Gasteiger partial charge in [0.05, 0.1) is 16.3 Å². The molecule has 0 saturated carbocycles. The van der Waals surface area contributed by atoms with Crippen LogP contribution in [-0.2, 0) is 0 Å². The van der Waals surface area contributed by atoms with Crippen LogP contribution < -0.4 is 4.90 Å². The predicted octanol–water partition coefficient (Wildman–Crippen LogP) is 2.98. The third kappa shape index (κ3) is 2.54. The number of pyridine rings is 2. The van der Waals surface area contributed by atoms with Gasteiger partial charge < -0.3 is 10.0 Å². The van der Waals surface area contributed by atoms with E-state index >= 15 is 0 Å². The highest BCUT2D eigenvalue weighted by atomic mass is 35.5. The molecule has 1 atom stereocenters. The smallest absolute Gasteiger partial charge is 0.131 e. The summed E-state index contributed by atoms with van der Waals surface area (Å²) < 4.78 is 1.01. The Bertz CT molecular complexity index is 837. The Morgan fingerprint density at radius 1 is 1.32 bits per heavy atom. The first-order valence-electron chi connectivity index (χ1n) is 7.00. The molecule has 1 aliphatic rings. The molecule has 1 saturated heterocycles. The molecule has 0 amide bonds. The average molecular weight is 333 g/mol. The van der Waals surface area contributed by atoms with E-state index in [2.05, 4.69) is 19.9 Å². The number of hydrogen-bond donors (Lipinski definition) is 1. The maximum atomic E-state index is 9.67. The Morgan fingerprint density at radius 3 is 3.05 bits per heavy atom. The summed E-state index contributed by atoms with van der Waals surface area (Å²) in [6.07, 6.45) is 4.06. The molecule has 0 radical (unpaired) electrons. The second-order valence-electron chi connectivity index (χ2n) is 5.28. The average Bonchev–Trinajstić information content (AvgIpc) is 3.13. The zero-order valence-electron chi connectivity index (χ0n) is 11.6. The van der Waals surface area contributed by atoms with Gasteiger partial charge in [-0.3, -0.25) is 0 Å². The van der Waals surface area contributed by atoms with Crippen molar-refractivity contribution < 1.29 is 5.11 Å². The van der Waals surface area contributed by atoms with Crippen molar-refractivity contribution >= 4 is 39.0 Å². The Morgan fingerprint density at radius 2 is 2.23 bits per heavy atom. The largest absolute Gasteiger partial charge is 0.391 e. The number of nitrogens with zero attached hydrogens (tertiary/aromatic N) is 4. The van der Waals surface area contributed by atoms with Crippen molar-refractivity contribution in [1.29, 1.82) is 0 Å². The van der Waals surface area contributed by atoms with E-state index in [4.69, 9.17) is 11.6 Å². The number of hydrogen-bond acceptors (Lipinski definition) is 6. The van der Waals surface area contributed by atoms with E-state index in [1.165, 1.54) is 0 Å². The van der Waals surface area contributed by atoms with Gasteiger partial charge in [-0.25, -0.2) is 15.0 Å². The van der Waals surface area contributed by atoms with E-state index < -0.39 is 0 Å². The summed E-state index contributed by atoms with van der Waals surface area (Å²) >= 11 is 7.50. The molecule has 0 bridgehead atoms. The number of rotatable bonds is 2. The van der Waals surface area contributed by atoms with Crippen molar-refractivity contribution in [3.63, 3.8) is 0 Å². The van der Waals surface area contributed by atoms with E-state index in [1.807, 2.05) is 12.1 Å². The first-order valence-corrected chi connectivity index (χ1v) is 8.20. The van der Waals surface area contributed by atoms with E-state index in [1.54, 1.807) is 29.8 Å². The molecule has 0 aliphatic carbocycles. The summed E-state index contributed by atoms with van der Waals surface area (Å²) in [6.45, 7) is 1.47. The van der Waals surface area contributed by atoms with E-state index in [-0.39, 0.29) is 6.10 Å². The first-order chi connectivity index (χ1) is 10.7.